The van der Waals surface area contributed by atoms with Crippen molar-refractivity contribution in [2.24, 2.45) is 17.8 Å². The van der Waals surface area contributed by atoms with E-state index < -0.39 is 0 Å². The topological polar surface area (TPSA) is 45.7 Å². The second-order valence-corrected chi connectivity index (χ2v) is 8.30. The van der Waals surface area contributed by atoms with E-state index in [9.17, 15) is 4.79 Å². The minimum atomic E-state index is 0.114. The van der Waals surface area contributed by atoms with Gasteiger partial charge in [-0.2, -0.15) is 0 Å². The maximum absolute atomic E-state index is 12.7. The first-order valence-electron chi connectivity index (χ1n) is 10.2. The number of pyridine rings is 1. The van der Waals surface area contributed by atoms with Crippen molar-refractivity contribution in [2.45, 2.75) is 38.5 Å². The fourth-order valence-electron chi connectivity index (χ4n) is 4.68. The number of aromatic nitrogens is 1. The Balaban J connectivity index is 1.25. The lowest BCUT2D eigenvalue weighted by Gasteiger charge is -2.40. The van der Waals surface area contributed by atoms with Crippen LogP contribution >= 0.6 is 0 Å². The summed E-state index contributed by atoms with van der Waals surface area (Å²) in [6, 6.07) is 3.52. The van der Waals surface area contributed by atoms with Crippen LogP contribution in [0.15, 0.2) is 18.3 Å². The third kappa shape index (κ3) is 4.20. The molecule has 0 N–H and O–H groups in total. The van der Waals surface area contributed by atoms with Crippen LogP contribution in [0.2, 0.25) is 0 Å². The van der Waals surface area contributed by atoms with Crippen LogP contribution in [0.5, 0.6) is 5.88 Å². The van der Waals surface area contributed by atoms with Crippen LogP contribution in [0.4, 0.5) is 0 Å². The van der Waals surface area contributed by atoms with Gasteiger partial charge in [-0.3, -0.25) is 4.79 Å². The first-order chi connectivity index (χ1) is 12.7. The van der Waals surface area contributed by atoms with Gasteiger partial charge in [0.1, 0.15) is 0 Å². The van der Waals surface area contributed by atoms with E-state index in [1.165, 1.54) is 45.3 Å². The van der Waals surface area contributed by atoms with Crippen LogP contribution in [0.3, 0.4) is 0 Å². The standard InChI is InChI=1S/C21H31N3O2/c1-26-20-14-19(4-9-22-20)21(25)24-12-7-18(8-13-24)17-5-10-23(11-6-17)15-16-2-3-16/h4,9,14,16-18H,2-3,5-8,10-13,15H2,1H3. The number of carbonyl (C=O) groups is 1. The Hall–Kier alpha value is -1.62. The van der Waals surface area contributed by atoms with Crippen molar-refractivity contribution in [3.63, 3.8) is 0 Å². The molecule has 0 unspecified atom stereocenters. The smallest absolute Gasteiger partial charge is 0.254 e. The second kappa shape index (κ2) is 7.95. The molecule has 0 bridgehead atoms. The molecule has 3 heterocycles. The Morgan fingerprint density at radius 2 is 1.73 bits per heavy atom. The summed E-state index contributed by atoms with van der Waals surface area (Å²) in [4.78, 5) is 21.5. The maximum atomic E-state index is 12.7. The molecule has 26 heavy (non-hydrogen) atoms. The third-order valence-electron chi connectivity index (χ3n) is 6.53. The molecule has 2 saturated heterocycles. The zero-order valence-corrected chi connectivity index (χ0v) is 15.9. The number of hydrogen-bond acceptors (Lipinski definition) is 4. The molecule has 0 radical (unpaired) electrons. The Kier molecular flexibility index (Phi) is 5.44. The van der Waals surface area contributed by atoms with E-state index in [1.54, 1.807) is 25.4 Å². The number of nitrogens with zero attached hydrogens (tertiary/aromatic N) is 3. The van der Waals surface area contributed by atoms with E-state index >= 15 is 0 Å². The number of carbonyl (C=O) groups excluding carboxylic acids is 1. The van der Waals surface area contributed by atoms with Crippen molar-refractivity contribution in [2.75, 3.05) is 39.8 Å². The summed E-state index contributed by atoms with van der Waals surface area (Å²) >= 11 is 0. The first kappa shape index (κ1) is 17.8. The van der Waals surface area contributed by atoms with Crippen LogP contribution in [0.1, 0.15) is 48.9 Å². The quantitative estimate of drug-likeness (QED) is 0.812. The van der Waals surface area contributed by atoms with Gasteiger partial charge in [-0.25, -0.2) is 4.98 Å². The van der Waals surface area contributed by atoms with Gasteiger partial charge in [0.15, 0.2) is 0 Å². The van der Waals surface area contributed by atoms with Crippen molar-refractivity contribution in [1.29, 1.82) is 0 Å². The van der Waals surface area contributed by atoms with Crippen LogP contribution in [0.25, 0.3) is 0 Å². The molecule has 1 aromatic heterocycles. The molecule has 142 valence electrons. The summed E-state index contributed by atoms with van der Waals surface area (Å²) in [5.74, 6) is 3.29. The number of ether oxygens (including phenoxy) is 1. The highest BCUT2D eigenvalue weighted by Crippen LogP contribution is 2.35. The lowest BCUT2D eigenvalue weighted by molar-refractivity contribution is 0.0600. The molecule has 4 rings (SSSR count). The molecule has 2 aliphatic heterocycles. The van der Waals surface area contributed by atoms with Gasteiger partial charge in [-0.05, 0) is 75.4 Å². The van der Waals surface area contributed by atoms with E-state index in [4.69, 9.17) is 4.74 Å². The third-order valence-corrected chi connectivity index (χ3v) is 6.53. The van der Waals surface area contributed by atoms with Crippen molar-refractivity contribution < 1.29 is 9.53 Å². The van der Waals surface area contributed by atoms with E-state index in [1.807, 2.05) is 4.90 Å². The summed E-state index contributed by atoms with van der Waals surface area (Å²) in [7, 11) is 1.58. The Labute approximate surface area is 156 Å². The molecule has 0 atom stereocenters. The highest BCUT2D eigenvalue weighted by Gasteiger charge is 2.32. The molecular formula is C21H31N3O2. The van der Waals surface area contributed by atoms with Gasteiger partial charge in [0.05, 0.1) is 7.11 Å². The van der Waals surface area contributed by atoms with E-state index in [0.29, 0.717) is 11.4 Å². The average Bonchev–Trinajstić information content (AvgIpc) is 3.52. The van der Waals surface area contributed by atoms with E-state index in [2.05, 4.69) is 9.88 Å². The summed E-state index contributed by atoms with van der Waals surface area (Å²) in [5.41, 5.74) is 0.684. The lowest BCUT2D eigenvalue weighted by Crippen LogP contribution is -2.43. The Bertz CT molecular complexity index is 615. The molecule has 0 aromatic carbocycles. The van der Waals surface area contributed by atoms with E-state index in [0.717, 1.165) is 43.7 Å². The molecule has 1 aromatic rings. The van der Waals surface area contributed by atoms with Crippen molar-refractivity contribution in [3.05, 3.63) is 23.9 Å². The molecule has 1 aliphatic carbocycles. The van der Waals surface area contributed by atoms with Crippen LogP contribution < -0.4 is 4.74 Å². The van der Waals surface area contributed by atoms with Gasteiger partial charge in [0.25, 0.3) is 5.91 Å². The lowest BCUT2D eigenvalue weighted by atomic mass is 9.78. The maximum Gasteiger partial charge on any atom is 0.254 e. The highest BCUT2D eigenvalue weighted by molar-refractivity contribution is 5.94. The molecule has 3 aliphatic rings. The number of methoxy groups -OCH3 is 1. The zero-order chi connectivity index (χ0) is 17.9. The number of likely N-dealkylation sites (tertiary alicyclic amines) is 2. The van der Waals surface area contributed by atoms with Crippen molar-refractivity contribution in [3.8, 4) is 5.88 Å². The summed E-state index contributed by atoms with van der Waals surface area (Å²) < 4.78 is 5.14. The van der Waals surface area contributed by atoms with Crippen LogP contribution in [-0.4, -0.2) is 60.5 Å². The summed E-state index contributed by atoms with van der Waals surface area (Å²) in [5, 5.41) is 0. The summed E-state index contributed by atoms with van der Waals surface area (Å²) in [6.45, 7) is 5.69. The molecule has 5 nitrogen and oxygen atoms in total. The van der Waals surface area contributed by atoms with Gasteiger partial charge in [-0.1, -0.05) is 0 Å². The number of rotatable bonds is 5. The monoisotopic (exact) mass is 357 g/mol. The van der Waals surface area contributed by atoms with Gasteiger partial charge >= 0.3 is 0 Å². The van der Waals surface area contributed by atoms with E-state index in [-0.39, 0.29) is 5.91 Å². The predicted molar refractivity (Wildman–Crippen MR) is 101 cm³/mol. The molecule has 5 heteroatoms. The zero-order valence-electron chi connectivity index (χ0n) is 15.9. The molecule has 0 spiro atoms. The minimum absolute atomic E-state index is 0.114. The van der Waals surface area contributed by atoms with Crippen molar-refractivity contribution in [1.82, 2.24) is 14.8 Å². The Morgan fingerprint density at radius 1 is 1.08 bits per heavy atom. The molecule has 1 saturated carbocycles. The normalized spacial score (nSPS) is 23.2. The van der Waals surface area contributed by atoms with Gasteiger partial charge in [0, 0.05) is 37.5 Å². The molecule has 1 amide bonds. The number of piperidine rings is 2. The van der Waals surface area contributed by atoms with Crippen LogP contribution in [-0.2, 0) is 0 Å². The fraction of sp³-hybridized carbons (Fsp3) is 0.714. The van der Waals surface area contributed by atoms with Gasteiger partial charge < -0.3 is 14.5 Å². The summed E-state index contributed by atoms with van der Waals surface area (Å²) in [6.07, 6.45) is 9.57. The minimum Gasteiger partial charge on any atom is -0.481 e. The fourth-order valence-corrected chi connectivity index (χ4v) is 4.68. The molecule has 3 fully saturated rings. The van der Waals surface area contributed by atoms with Crippen LogP contribution in [0, 0.1) is 17.8 Å². The highest BCUT2D eigenvalue weighted by atomic mass is 16.5. The van der Waals surface area contributed by atoms with Crippen molar-refractivity contribution >= 4 is 5.91 Å². The van der Waals surface area contributed by atoms with Gasteiger partial charge in [-0.15, -0.1) is 0 Å². The van der Waals surface area contributed by atoms with Gasteiger partial charge in [0.2, 0.25) is 5.88 Å². The average molecular weight is 357 g/mol. The largest absolute Gasteiger partial charge is 0.481 e. The molecular weight excluding hydrogens is 326 g/mol. The number of amides is 1. The number of hydrogen-bond donors (Lipinski definition) is 0. The predicted octanol–water partition coefficient (Wildman–Crippen LogP) is 3.06. The SMILES string of the molecule is COc1cc(C(=O)N2CCC(C3CCN(CC4CC4)CC3)CC2)ccn1. The Morgan fingerprint density at radius 3 is 2.35 bits per heavy atom. The second-order valence-electron chi connectivity index (χ2n) is 8.30. The first-order valence-corrected chi connectivity index (χ1v) is 10.2.